The van der Waals surface area contributed by atoms with E-state index in [9.17, 15) is 4.79 Å². The van der Waals surface area contributed by atoms with Gasteiger partial charge in [0.25, 0.3) is 0 Å². The van der Waals surface area contributed by atoms with E-state index in [0.29, 0.717) is 5.92 Å². The highest BCUT2D eigenvalue weighted by Gasteiger charge is 2.43. The molecule has 2 aliphatic rings. The van der Waals surface area contributed by atoms with E-state index >= 15 is 0 Å². The lowest BCUT2D eigenvalue weighted by atomic mass is 9.67. The van der Waals surface area contributed by atoms with Gasteiger partial charge >= 0.3 is 0 Å². The predicted molar refractivity (Wildman–Crippen MR) is 56.9 cm³/mol. The first-order valence-electron chi connectivity index (χ1n) is 5.69. The number of amides is 1. The van der Waals surface area contributed by atoms with Gasteiger partial charge in [0.2, 0.25) is 5.91 Å². The third-order valence-electron chi connectivity index (χ3n) is 3.82. The van der Waals surface area contributed by atoms with Crippen molar-refractivity contribution in [2.45, 2.75) is 50.5 Å². The Balaban J connectivity index is 2.17. The summed E-state index contributed by atoms with van der Waals surface area (Å²) in [6.45, 7) is 3.81. The van der Waals surface area contributed by atoms with Crippen molar-refractivity contribution in [1.82, 2.24) is 5.32 Å². The van der Waals surface area contributed by atoms with Crippen LogP contribution in [-0.2, 0) is 4.79 Å². The van der Waals surface area contributed by atoms with E-state index in [0.717, 1.165) is 25.7 Å². The minimum atomic E-state index is 0.0787. The fourth-order valence-electron chi connectivity index (χ4n) is 3.12. The minimum Gasteiger partial charge on any atom is -0.350 e. The summed E-state index contributed by atoms with van der Waals surface area (Å²) < 4.78 is 0. The van der Waals surface area contributed by atoms with Crippen molar-refractivity contribution in [3.8, 4) is 0 Å². The Labute approximate surface area is 85.8 Å². The van der Waals surface area contributed by atoms with E-state index in [1.807, 2.05) is 6.08 Å². The summed E-state index contributed by atoms with van der Waals surface area (Å²) >= 11 is 0. The Kier molecular flexibility index (Phi) is 2.62. The second-order valence-electron chi connectivity index (χ2n) is 4.68. The molecule has 0 spiro atoms. The summed E-state index contributed by atoms with van der Waals surface area (Å²) in [6, 6.07) is 0. The number of hydrogen-bond acceptors (Lipinski definition) is 1. The van der Waals surface area contributed by atoms with Gasteiger partial charge in [-0.05, 0) is 31.6 Å². The topological polar surface area (TPSA) is 29.1 Å². The fourth-order valence-corrected chi connectivity index (χ4v) is 3.12. The molecule has 1 heterocycles. The summed E-state index contributed by atoms with van der Waals surface area (Å²) in [5.41, 5.74) is 0.0787. The Morgan fingerprint density at radius 3 is 3.14 bits per heavy atom. The molecular weight excluding hydrogens is 174 g/mol. The highest BCUT2D eigenvalue weighted by Crippen LogP contribution is 2.41. The van der Waals surface area contributed by atoms with Gasteiger partial charge in [0, 0.05) is 12.0 Å². The van der Waals surface area contributed by atoms with Gasteiger partial charge in [-0.3, -0.25) is 4.79 Å². The van der Waals surface area contributed by atoms with Gasteiger partial charge in [0.05, 0.1) is 0 Å². The molecule has 1 aliphatic carbocycles. The predicted octanol–water partition coefficient (Wildman–Crippen LogP) is 2.40. The van der Waals surface area contributed by atoms with Crippen molar-refractivity contribution < 1.29 is 4.79 Å². The van der Waals surface area contributed by atoms with Gasteiger partial charge in [-0.2, -0.15) is 0 Å². The Bertz CT molecular complexity index is 249. The molecule has 2 heteroatoms. The molecule has 1 amide bonds. The third-order valence-corrected chi connectivity index (χ3v) is 3.82. The molecule has 2 fully saturated rings. The van der Waals surface area contributed by atoms with E-state index in [2.05, 4.69) is 11.9 Å². The van der Waals surface area contributed by atoms with Crippen LogP contribution in [0.2, 0.25) is 0 Å². The van der Waals surface area contributed by atoms with Gasteiger partial charge in [-0.25, -0.2) is 0 Å². The highest BCUT2D eigenvalue weighted by atomic mass is 16.1. The SMILES string of the molecule is C=CC[C@]12CCCC[C@@H]1CCC(=O)N2. The lowest BCUT2D eigenvalue weighted by Crippen LogP contribution is -2.58. The Morgan fingerprint density at radius 1 is 1.50 bits per heavy atom. The van der Waals surface area contributed by atoms with E-state index in [1.165, 1.54) is 19.3 Å². The van der Waals surface area contributed by atoms with Crippen LogP contribution in [0, 0.1) is 5.92 Å². The van der Waals surface area contributed by atoms with E-state index < -0.39 is 0 Å². The van der Waals surface area contributed by atoms with Crippen LogP contribution in [0.5, 0.6) is 0 Å². The summed E-state index contributed by atoms with van der Waals surface area (Å²) in [5.74, 6) is 0.942. The normalized spacial score (nSPS) is 37.1. The number of carbonyl (C=O) groups is 1. The number of nitrogens with one attached hydrogen (secondary N) is 1. The van der Waals surface area contributed by atoms with Crippen LogP contribution in [0.3, 0.4) is 0 Å². The number of piperidine rings is 1. The zero-order valence-corrected chi connectivity index (χ0v) is 8.72. The maximum atomic E-state index is 11.5. The van der Waals surface area contributed by atoms with E-state index in [-0.39, 0.29) is 11.4 Å². The lowest BCUT2D eigenvalue weighted by Gasteiger charge is -2.47. The molecule has 0 unspecified atom stereocenters. The summed E-state index contributed by atoms with van der Waals surface area (Å²) in [5, 5.41) is 3.22. The molecule has 0 aromatic heterocycles. The largest absolute Gasteiger partial charge is 0.350 e. The number of rotatable bonds is 2. The van der Waals surface area contributed by atoms with Crippen molar-refractivity contribution in [2.24, 2.45) is 5.92 Å². The fraction of sp³-hybridized carbons (Fsp3) is 0.750. The second kappa shape index (κ2) is 3.76. The van der Waals surface area contributed by atoms with Gasteiger partial charge < -0.3 is 5.32 Å². The second-order valence-corrected chi connectivity index (χ2v) is 4.68. The Hall–Kier alpha value is -0.790. The smallest absolute Gasteiger partial charge is 0.220 e. The first kappa shape index (κ1) is 9.75. The maximum absolute atomic E-state index is 11.5. The molecule has 2 rings (SSSR count). The van der Waals surface area contributed by atoms with Crippen LogP contribution in [-0.4, -0.2) is 11.4 Å². The van der Waals surface area contributed by atoms with Gasteiger partial charge in [-0.1, -0.05) is 18.9 Å². The zero-order valence-electron chi connectivity index (χ0n) is 8.72. The molecule has 78 valence electrons. The van der Waals surface area contributed by atoms with Crippen LogP contribution in [0.4, 0.5) is 0 Å². The first-order valence-corrected chi connectivity index (χ1v) is 5.69. The van der Waals surface area contributed by atoms with E-state index in [1.54, 1.807) is 0 Å². The summed E-state index contributed by atoms with van der Waals surface area (Å²) in [7, 11) is 0. The van der Waals surface area contributed by atoms with Crippen molar-refractivity contribution in [3.05, 3.63) is 12.7 Å². The van der Waals surface area contributed by atoms with Crippen molar-refractivity contribution in [3.63, 3.8) is 0 Å². The van der Waals surface area contributed by atoms with Crippen LogP contribution in [0.15, 0.2) is 12.7 Å². The summed E-state index contributed by atoms with van der Waals surface area (Å²) in [4.78, 5) is 11.5. The van der Waals surface area contributed by atoms with Crippen molar-refractivity contribution in [1.29, 1.82) is 0 Å². The zero-order chi connectivity index (χ0) is 10.0. The van der Waals surface area contributed by atoms with Crippen LogP contribution in [0.25, 0.3) is 0 Å². The molecular formula is C12H19NO. The molecule has 1 aliphatic heterocycles. The maximum Gasteiger partial charge on any atom is 0.220 e. The van der Waals surface area contributed by atoms with E-state index in [4.69, 9.17) is 0 Å². The molecule has 14 heavy (non-hydrogen) atoms. The number of fused-ring (bicyclic) bond motifs is 1. The molecule has 1 saturated carbocycles. The lowest BCUT2D eigenvalue weighted by molar-refractivity contribution is -0.127. The minimum absolute atomic E-state index is 0.0787. The number of hydrogen-bond donors (Lipinski definition) is 1. The molecule has 2 nitrogen and oxygen atoms in total. The average Bonchev–Trinajstić information content (AvgIpc) is 2.17. The molecule has 2 atom stereocenters. The molecule has 0 radical (unpaired) electrons. The molecule has 0 aromatic rings. The third kappa shape index (κ3) is 1.58. The molecule has 1 N–H and O–H groups in total. The highest BCUT2D eigenvalue weighted by molar-refractivity contribution is 5.78. The van der Waals surface area contributed by atoms with Crippen LogP contribution in [0.1, 0.15) is 44.9 Å². The monoisotopic (exact) mass is 193 g/mol. The van der Waals surface area contributed by atoms with Gasteiger partial charge in [0.1, 0.15) is 0 Å². The van der Waals surface area contributed by atoms with Crippen LogP contribution < -0.4 is 5.32 Å². The number of carbonyl (C=O) groups excluding carboxylic acids is 1. The first-order chi connectivity index (χ1) is 6.77. The standard InChI is InChI=1S/C12H19NO/c1-2-8-12-9-4-3-5-10(12)6-7-11(14)13-12/h2,10H,1,3-9H2,(H,13,14)/t10-,12+/m1/s1. The average molecular weight is 193 g/mol. The van der Waals surface area contributed by atoms with Crippen LogP contribution >= 0.6 is 0 Å². The molecule has 0 aromatic carbocycles. The summed E-state index contributed by atoms with van der Waals surface area (Å²) in [6.07, 6.45) is 9.74. The Morgan fingerprint density at radius 2 is 2.36 bits per heavy atom. The van der Waals surface area contributed by atoms with Crippen molar-refractivity contribution in [2.75, 3.05) is 0 Å². The molecule has 1 saturated heterocycles. The van der Waals surface area contributed by atoms with Crippen molar-refractivity contribution >= 4 is 5.91 Å². The van der Waals surface area contributed by atoms with Gasteiger partial charge in [-0.15, -0.1) is 6.58 Å². The van der Waals surface area contributed by atoms with Gasteiger partial charge in [0.15, 0.2) is 0 Å². The quantitative estimate of drug-likeness (QED) is 0.670. The molecule has 0 bridgehead atoms.